The van der Waals surface area contributed by atoms with Crippen molar-refractivity contribution < 1.29 is 0 Å². The van der Waals surface area contributed by atoms with Gasteiger partial charge in [0.15, 0.2) is 0 Å². The highest BCUT2D eigenvalue weighted by Crippen LogP contribution is 2.26. The second-order valence-corrected chi connectivity index (χ2v) is 4.55. The highest BCUT2D eigenvalue weighted by atomic mass is 79.9. The first-order valence-electron chi connectivity index (χ1n) is 5.55. The van der Waals surface area contributed by atoms with Crippen LogP contribution in [0.5, 0.6) is 0 Å². The lowest BCUT2D eigenvalue weighted by Gasteiger charge is -2.09. The molecule has 0 atom stereocenters. The maximum absolute atomic E-state index is 4.42. The number of aryl methyl sites for hydroxylation is 1. The number of halogens is 1. The fourth-order valence-corrected chi connectivity index (χ4v) is 2.08. The first-order chi connectivity index (χ1) is 8.70. The Bertz CT molecular complexity index is 544. The fourth-order valence-electron chi connectivity index (χ4n) is 1.54. The Hall–Kier alpha value is -1.69. The van der Waals surface area contributed by atoms with Gasteiger partial charge in [0.2, 0.25) is 0 Å². The van der Waals surface area contributed by atoms with E-state index in [9.17, 15) is 0 Å². The molecule has 0 saturated carbocycles. The van der Waals surface area contributed by atoms with E-state index in [2.05, 4.69) is 41.5 Å². The summed E-state index contributed by atoms with van der Waals surface area (Å²) >= 11 is 3.46. The molecule has 0 aliphatic rings. The normalized spacial score (nSPS) is 10.2. The van der Waals surface area contributed by atoms with Gasteiger partial charge in [0.1, 0.15) is 22.4 Å². The van der Waals surface area contributed by atoms with Crippen molar-refractivity contribution in [1.29, 1.82) is 0 Å². The zero-order chi connectivity index (χ0) is 13.0. The minimum atomic E-state index is 0.625. The smallest absolute Gasteiger partial charge is 0.146 e. The van der Waals surface area contributed by atoms with Crippen LogP contribution in [0, 0.1) is 6.92 Å². The third-order valence-electron chi connectivity index (χ3n) is 2.41. The third-order valence-corrected chi connectivity index (χ3v) is 3.16. The Kier molecular flexibility index (Phi) is 4.09. The second kappa shape index (κ2) is 5.77. The Labute approximate surface area is 114 Å². The van der Waals surface area contributed by atoms with E-state index in [4.69, 9.17) is 0 Å². The number of aromatic nitrogens is 3. The average molecular weight is 308 g/mol. The molecular weight excluding hydrogens is 294 g/mol. The minimum Gasteiger partial charge on any atom is -0.372 e. The molecule has 0 aromatic carbocycles. The van der Waals surface area contributed by atoms with Crippen LogP contribution in [0.1, 0.15) is 11.4 Å². The van der Waals surface area contributed by atoms with Crippen LogP contribution in [0.3, 0.4) is 0 Å². The van der Waals surface area contributed by atoms with Gasteiger partial charge in [0, 0.05) is 12.7 Å². The maximum Gasteiger partial charge on any atom is 0.146 e. The number of hydrogen-bond acceptors (Lipinski definition) is 5. The Morgan fingerprint density at radius 2 is 2.00 bits per heavy atom. The van der Waals surface area contributed by atoms with Gasteiger partial charge >= 0.3 is 0 Å². The van der Waals surface area contributed by atoms with Crippen LogP contribution in [-0.2, 0) is 6.54 Å². The molecule has 0 aliphatic heterocycles. The van der Waals surface area contributed by atoms with Crippen molar-refractivity contribution in [1.82, 2.24) is 15.0 Å². The maximum atomic E-state index is 4.42. The summed E-state index contributed by atoms with van der Waals surface area (Å²) in [4.78, 5) is 12.7. The number of pyridine rings is 1. The van der Waals surface area contributed by atoms with Crippen molar-refractivity contribution in [2.75, 3.05) is 17.7 Å². The van der Waals surface area contributed by atoms with Crippen LogP contribution in [0.4, 0.5) is 11.6 Å². The molecule has 2 heterocycles. The molecule has 0 spiro atoms. The van der Waals surface area contributed by atoms with Crippen molar-refractivity contribution in [2.45, 2.75) is 13.5 Å². The molecule has 0 aliphatic carbocycles. The van der Waals surface area contributed by atoms with Crippen LogP contribution in [0.25, 0.3) is 0 Å². The standard InChI is InChI=1S/C12H14BrN5/c1-8-4-3-5-9(18-8)6-15-12-10(13)11(14-2)16-7-17-12/h3-5,7H,6H2,1-2H3,(H2,14,15,16,17). The fraction of sp³-hybridized carbons (Fsp3) is 0.250. The lowest BCUT2D eigenvalue weighted by Crippen LogP contribution is -2.06. The van der Waals surface area contributed by atoms with Gasteiger partial charge in [0.25, 0.3) is 0 Å². The summed E-state index contributed by atoms with van der Waals surface area (Å²) in [6.07, 6.45) is 1.52. The zero-order valence-corrected chi connectivity index (χ0v) is 11.8. The van der Waals surface area contributed by atoms with Crippen molar-refractivity contribution in [3.05, 3.63) is 40.4 Å². The Morgan fingerprint density at radius 3 is 2.72 bits per heavy atom. The Morgan fingerprint density at radius 1 is 1.22 bits per heavy atom. The monoisotopic (exact) mass is 307 g/mol. The molecule has 6 heteroatoms. The molecule has 94 valence electrons. The summed E-state index contributed by atoms with van der Waals surface area (Å²) < 4.78 is 0.820. The zero-order valence-electron chi connectivity index (χ0n) is 10.2. The molecule has 2 rings (SSSR count). The van der Waals surface area contributed by atoms with Gasteiger partial charge in [-0.25, -0.2) is 9.97 Å². The highest BCUT2D eigenvalue weighted by Gasteiger charge is 2.07. The van der Waals surface area contributed by atoms with E-state index in [1.165, 1.54) is 6.33 Å². The SMILES string of the molecule is CNc1ncnc(NCc2cccc(C)n2)c1Br. The number of nitrogens with one attached hydrogen (secondary N) is 2. The van der Waals surface area contributed by atoms with E-state index >= 15 is 0 Å². The minimum absolute atomic E-state index is 0.625. The first-order valence-corrected chi connectivity index (χ1v) is 6.34. The van der Waals surface area contributed by atoms with Crippen LogP contribution >= 0.6 is 15.9 Å². The molecule has 0 bridgehead atoms. The number of rotatable bonds is 4. The van der Waals surface area contributed by atoms with E-state index in [0.717, 1.165) is 27.5 Å². The van der Waals surface area contributed by atoms with E-state index in [0.29, 0.717) is 6.54 Å². The predicted octanol–water partition coefficient (Wildman–Crippen LogP) is 2.60. The Balaban J connectivity index is 2.11. The quantitative estimate of drug-likeness (QED) is 0.909. The van der Waals surface area contributed by atoms with Gasteiger partial charge < -0.3 is 10.6 Å². The lowest BCUT2D eigenvalue weighted by molar-refractivity contribution is 0.994. The van der Waals surface area contributed by atoms with Gasteiger partial charge in [-0.2, -0.15) is 0 Å². The van der Waals surface area contributed by atoms with Crippen LogP contribution in [0.15, 0.2) is 29.0 Å². The predicted molar refractivity (Wildman–Crippen MR) is 75.6 cm³/mol. The molecule has 18 heavy (non-hydrogen) atoms. The summed E-state index contributed by atoms with van der Waals surface area (Å²) in [5.41, 5.74) is 1.98. The van der Waals surface area contributed by atoms with Crippen molar-refractivity contribution >= 4 is 27.6 Å². The average Bonchev–Trinajstić information content (AvgIpc) is 2.38. The van der Waals surface area contributed by atoms with Crippen molar-refractivity contribution in [3.8, 4) is 0 Å². The van der Waals surface area contributed by atoms with E-state index < -0.39 is 0 Å². The lowest BCUT2D eigenvalue weighted by atomic mass is 10.3. The molecule has 2 N–H and O–H groups in total. The highest BCUT2D eigenvalue weighted by molar-refractivity contribution is 9.10. The van der Waals surface area contributed by atoms with Gasteiger partial charge in [0.05, 0.1) is 12.2 Å². The van der Waals surface area contributed by atoms with Crippen LogP contribution < -0.4 is 10.6 Å². The molecule has 5 nitrogen and oxygen atoms in total. The first kappa shape index (κ1) is 12.8. The van der Waals surface area contributed by atoms with Gasteiger partial charge in [-0.1, -0.05) is 6.07 Å². The molecule has 0 unspecified atom stereocenters. The summed E-state index contributed by atoms with van der Waals surface area (Å²) in [7, 11) is 1.82. The summed E-state index contributed by atoms with van der Waals surface area (Å²) in [5, 5.41) is 6.22. The molecule has 0 saturated heterocycles. The number of hydrogen-bond donors (Lipinski definition) is 2. The van der Waals surface area contributed by atoms with Gasteiger partial charge in [-0.05, 0) is 35.0 Å². The molecular formula is C12H14BrN5. The largest absolute Gasteiger partial charge is 0.372 e. The molecule has 0 fully saturated rings. The molecule has 2 aromatic rings. The summed E-state index contributed by atoms with van der Waals surface area (Å²) in [6.45, 7) is 2.60. The van der Waals surface area contributed by atoms with E-state index in [1.54, 1.807) is 0 Å². The molecule has 0 amide bonds. The summed E-state index contributed by atoms with van der Waals surface area (Å²) in [6, 6.07) is 5.95. The van der Waals surface area contributed by atoms with E-state index in [1.807, 2.05) is 32.2 Å². The second-order valence-electron chi connectivity index (χ2n) is 3.76. The molecule has 2 aromatic heterocycles. The van der Waals surface area contributed by atoms with E-state index in [-0.39, 0.29) is 0 Å². The van der Waals surface area contributed by atoms with Crippen LogP contribution in [-0.4, -0.2) is 22.0 Å². The van der Waals surface area contributed by atoms with Gasteiger partial charge in [-0.15, -0.1) is 0 Å². The molecule has 0 radical (unpaired) electrons. The topological polar surface area (TPSA) is 62.7 Å². The number of nitrogens with zero attached hydrogens (tertiary/aromatic N) is 3. The van der Waals surface area contributed by atoms with Crippen molar-refractivity contribution in [2.24, 2.45) is 0 Å². The third kappa shape index (κ3) is 2.95. The number of anilines is 2. The van der Waals surface area contributed by atoms with Gasteiger partial charge in [-0.3, -0.25) is 4.98 Å². The summed E-state index contributed by atoms with van der Waals surface area (Å²) in [5.74, 6) is 1.50. The van der Waals surface area contributed by atoms with Crippen molar-refractivity contribution in [3.63, 3.8) is 0 Å². The van der Waals surface area contributed by atoms with Crippen LogP contribution in [0.2, 0.25) is 0 Å².